The van der Waals surface area contributed by atoms with Crippen molar-refractivity contribution in [2.75, 3.05) is 45.5 Å². The molecule has 6 heteroatoms. The third-order valence-electron chi connectivity index (χ3n) is 3.65. The molecule has 0 radical (unpaired) electrons. The lowest BCUT2D eigenvalue weighted by molar-refractivity contribution is 0.155. The molecule has 19 heavy (non-hydrogen) atoms. The summed E-state index contributed by atoms with van der Waals surface area (Å²) in [4.78, 5) is 9.34. The molecule has 1 aliphatic rings. The van der Waals surface area contributed by atoms with Crippen LogP contribution >= 0.6 is 0 Å². The number of hydrogen-bond acceptors (Lipinski definition) is 5. The fourth-order valence-electron chi connectivity index (χ4n) is 2.38. The molecule has 102 valence electrons. The first-order chi connectivity index (χ1) is 9.20. The summed E-state index contributed by atoms with van der Waals surface area (Å²) in [5.41, 5.74) is 7.30. The smallest absolute Gasteiger partial charge is 0.157 e. The van der Waals surface area contributed by atoms with E-state index in [1.54, 1.807) is 4.52 Å². The molecular weight excluding hydrogens is 240 g/mol. The zero-order chi connectivity index (χ0) is 13.2. The monoisotopic (exact) mass is 260 g/mol. The van der Waals surface area contributed by atoms with Gasteiger partial charge in [0.15, 0.2) is 11.5 Å². The van der Waals surface area contributed by atoms with Crippen LogP contribution in [0.5, 0.6) is 0 Å². The van der Waals surface area contributed by atoms with Gasteiger partial charge < -0.3 is 15.5 Å². The third kappa shape index (κ3) is 2.85. The van der Waals surface area contributed by atoms with Crippen molar-refractivity contribution in [1.82, 2.24) is 24.4 Å². The first-order valence-electron chi connectivity index (χ1n) is 6.72. The topological polar surface area (TPSA) is 62.7 Å². The van der Waals surface area contributed by atoms with Gasteiger partial charge in [-0.05, 0) is 13.1 Å². The Labute approximate surface area is 112 Å². The molecule has 3 heterocycles. The van der Waals surface area contributed by atoms with Gasteiger partial charge in [-0.3, -0.25) is 0 Å². The lowest BCUT2D eigenvalue weighted by Crippen LogP contribution is -2.45. The molecule has 1 fully saturated rings. The number of piperazine rings is 1. The number of rotatable bonds is 3. The summed E-state index contributed by atoms with van der Waals surface area (Å²) in [5, 5.41) is 4.47. The molecule has 0 saturated carbocycles. The lowest BCUT2D eigenvalue weighted by atomic mass is 10.3. The summed E-state index contributed by atoms with van der Waals surface area (Å²) in [6, 6.07) is 3.69. The molecular formula is C13H20N6. The van der Waals surface area contributed by atoms with E-state index < -0.39 is 0 Å². The molecule has 0 amide bonds. The Balaban J connectivity index is 1.62. The standard InChI is InChI=1S/C13H20N6/c1-17-6-8-18(9-7-17)4-3-12-15-13-10-11(14)2-5-19(13)16-12/h2,5,10H,3-4,6-9,14H2,1H3. The minimum Gasteiger partial charge on any atom is -0.399 e. The van der Waals surface area contributed by atoms with Crippen LogP contribution in [-0.4, -0.2) is 64.2 Å². The van der Waals surface area contributed by atoms with Gasteiger partial charge in [-0.2, -0.15) is 5.10 Å². The Morgan fingerprint density at radius 3 is 2.84 bits per heavy atom. The summed E-state index contributed by atoms with van der Waals surface area (Å²) in [5.74, 6) is 0.893. The van der Waals surface area contributed by atoms with Gasteiger partial charge in [0.1, 0.15) is 0 Å². The summed E-state index contributed by atoms with van der Waals surface area (Å²) in [6.07, 6.45) is 2.75. The average Bonchev–Trinajstić information content (AvgIpc) is 2.80. The van der Waals surface area contributed by atoms with E-state index in [1.807, 2.05) is 18.3 Å². The minimum absolute atomic E-state index is 0.727. The molecule has 2 aromatic heterocycles. The number of anilines is 1. The summed E-state index contributed by atoms with van der Waals surface area (Å²) in [6.45, 7) is 5.60. The second kappa shape index (κ2) is 5.14. The zero-order valence-electron chi connectivity index (χ0n) is 11.3. The summed E-state index contributed by atoms with van der Waals surface area (Å²) < 4.78 is 1.79. The van der Waals surface area contributed by atoms with Crippen LogP contribution in [0.15, 0.2) is 18.3 Å². The molecule has 2 aromatic rings. The van der Waals surface area contributed by atoms with Gasteiger partial charge in [-0.1, -0.05) is 0 Å². The Morgan fingerprint density at radius 2 is 2.05 bits per heavy atom. The van der Waals surface area contributed by atoms with E-state index in [4.69, 9.17) is 5.73 Å². The van der Waals surface area contributed by atoms with E-state index in [9.17, 15) is 0 Å². The van der Waals surface area contributed by atoms with Crippen LogP contribution < -0.4 is 5.73 Å². The van der Waals surface area contributed by atoms with Crippen molar-refractivity contribution < 1.29 is 0 Å². The molecule has 0 aliphatic carbocycles. The number of aromatic nitrogens is 3. The lowest BCUT2D eigenvalue weighted by Gasteiger charge is -2.31. The van der Waals surface area contributed by atoms with Gasteiger partial charge in [-0.25, -0.2) is 9.50 Å². The molecule has 0 atom stereocenters. The zero-order valence-corrected chi connectivity index (χ0v) is 11.3. The first kappa shape index (κ1) is 12.4. The maximum Gasteiger partial charge on any atom is 0.157 e. The largest absolute Gasteiger partial charge is 0.399 e. The predicted octanol–water partition coefficient (Wildman–Crippen LogP) is 0.101. The molecule has 1 saturated heterocycles. The first-order valence-corrected chi connectivity index (χ1v) is 6.72. The Morgan fingerprint density at radius 1 is 1.26 bits per heavy atom. The highest BCUT2D eigenvalue weighted by molar-refractivity contribution is 5.50. The number of fused-ring (bicyclic) bond motifs is 1. The quantitative estimate of drug-likeness (QED) is 0.848. The highest BCUT2D eigenvalue weighted by atomic mass is 15.3. The van der Waals surface area contributed by atoms with E-state index in [1.165, 1.54) is 0 Å². The number of nitrogen functional groups attached to an aromatic ring is 1. The van der Waals surface area contributed by atoms with Crippen LogP contribution in [0, 0.1) is 0 Å². The number of likely N-dealkylation sites (N-methyl/N-ethyl adjacent to an activating group) is 1. The van der Waals surface area contributed by atoms with Crippen molar-refractivity contribution in [2.45, 2.75) is 6.42 Å². The fraction of sp³-hybridized carbons (Fsp3) is 0.538. The summed E-state index contributed by atoms with van der Waals surface area (Å²) in [7, 11) is 2.17. The highest BCUT2D eigenvalue weighted by Gasteiger charge is 2.14. The maximum atomic E-state index is 5.74. The van der Waals surface area contributed by atoms with Gasteiger partial charge in [0, 0.05) is 57.1 Å². The van der Waals surface area contributed by atoms with Crippen molar-refractivity contribution in [3.8, 4) is 0 Å². The van der Waals surface area contributed by atoms with Crippen LogP contribution in [0.3, 0.4) is 0 Å². The van der Waals surface area contributed by atoms with Crippen LogP contribution in [0.4, 0.5) is 5.69 Å². The van der Waals surface area contributed by atoms with Crippen LogP contribution in [0.25, 0.3) is 5.65 Å². The number of nitrogens with two attached hydrogens (primary N) is 1. The Hall–Kier alpha value is -1.66. The molecule has 0 aromatic carbocycles. The van der Waals surface area contributed by atoms with Gasteiger partial charge in [0.25, 0.3) is 0 Å². The Bertz CT molecular complexity index is 555. The molecule has 3 rings (SSSR count). The van der Waals surface area contributed by atoms with Crippen molar-refractivity contribution in [2.24, 2.45) is 0 Å². The van der Waals surface area contributed by atoms with Crippen molar-refractivity contribution in [3.05, 3.63) is 24.2 Å². The number of pyridine rings is 1. The van der Waals surface area contributed by atoms with Gasteiger partial charge in [0.05, 0.1) is 0 Å². The molecule has 0 spiro atoms. The molecule has 2 N–H and O–H groups in total. The second-order valence-electron chi connectivity index (χ2n) is 5.19. The van der Waals surface area contributed by atoms with Crippen LogP contribution in [0.1, 0.15) is 5.82 Å². The minimum atomic E-state index is 0.727. The van der Waals surface area contributed by atoms with E-state index in [-0.39, 0.29) is 0 Å². The SMILES string of the molecule is CN1CCN(CCc2nc3cc(N)ccn3n2)CC1. The Kier molecular flexibility index (Phi) is 3.35. The average molecular weight is 260 g/mol. The normalized spacial score (nSPS) is 18.2. The van der Waals surface area contributed by atoms with Gasteiger partial charge in [0.2, 0.25) is 0 Å². The maximum absolute atomic E-state index is 5.74. The molecule has 0 unspecified atom stereocenters. The second-order valence-corrected chi connectivity index (χ2v) is 5.19. The van der Waals surface area contributed by atoms with Crippen molar-refractivity contribution in [3.63, 3.8) is 0 Å². The third-order valence-corrected chi connectivity index (χ3v) is 3.65. The van der Waals surface area contributed by atoms with Crippen molar-refractivity contribution >= 4 is 11.3 Å². The van der Waals surface area contributed by atoms with E-state index >= 15 is 0 Å². The number of hydrogen-bond donors (Lipinski definition) is 1. The molecule has 0 bridgehead atoms. The fourth-order valence-corrected chi connectivity index (χ4v) is 2.38. The van der Waals surface area contributed by atoms with Crippen LogP contribution in [0.2, 0.25) is 0 Å². The van der Waals surface area contributed by atoms with E-state index in [0.717, 1.165) is 56.3 Å². The molecule has 6 nitrogen and oxygen atoms in total. The number of nitrogens with zero attached hydrogens (tertiary/aromatic N) is 5. The van der Waals surface area contributed by atoms with Gasteiger partial charge >= 0.3 is 0 Å². The van der Waals surface area contributed by atoms with E-state index in [2.05, 4.69) is 26.9 Å². The van der Waals surface area contributed by atoms with E-state index in [0.29, 0.717) is 0 Å². The van der Waals surface area contributed by atoms with Crippen molar-refractivity contribution in [1.29, 1.82) is 0 Å². The summed E-state index contributed by atoms with van der Waals surface area (Å²) >= 11 is 0. The highest BCUT2D eigenvalue weighted by Crippen LogP contribution is 2.08. The van der Waals surface area contributed by atoms with Gasteiger partial charge in [-0.15, -0.1) is 0 Å². The van der Waals surface area contributed by atoms with Crippen LogP contribution in [-0.2, 0) is 6.42 Å². The molecule has 1 aliphatic heterocycles. The predicted molar refractivity (Wildman–Crippen MR) is 75.0 cm³/mol.